The van der Waals surface area contributed by atoms with Gasteiger partial charge in [-0.3, -0.25) is 4.79 Å². The second-order valence-electron chi connectivity index (χ2n) is 3.44. The molecule has 0 bridgehead atoms. The highest BCUT2D eigenvalue weighted by molar-refractivity contribution is 7.82. The van der Waals surface area contributed by atoms with E-state index in [9.17, 15) is 4.79 Å². The average molecular weight is 174 g/mol. The quantitative estimate of drug-likeness (QED) is 0.501. The lowest BCUT2D eigenvalue weighted by Gasteiger charge is -2.14. The molecule has 0 aromatic carbocycles. The molecule has 0 rings (SSSR count). The number of hydrogen-bond donors (Lipinski definition) is 1. The van der Waals surface area contributed by atoms with Gasteiger partial charge in [0.2, 0.25) is 0 Å². The van der Waals surface area contributed by atoms with E-state index >= 15 is 0 Å². The van der Waals surface area contributed by atoms with Gasteiger partial charge in [-0.05, 0) is 20.3 Å². The maximum Gasteiger partial charge on any atom is 0.148 e. The number of unbranched alkanes of at least 4 members (excludes halogenated alkanes) is 2. The van der Waals surface area contributed by atoms with Crippen molar-refractivity contribution in [3.8, 4) is 0 Å². The maximum atomic E-state index is 11.3. The molecule has 0 heterocycles. The van der Waals surface area contributed by atoms with Gasteiger partial charge in [0, 0.05) is 6.42 Å². The third kappa shape index (κ3) is 5.31. The molecule has 0 amide bonds. The van der Waals surface area contributed by atoms with Crippen LogP contribution in [0.3, 0.4) is 0 Å². The van der Waals surface area contributed by atoms with Crippen LogP contribution in [-0.4, -0.2) is 10.5 Å². The van der Waals surface area contributed by atoms with Crippen LogP contribution in [0.25, 0.3) is 0 Å². The van der Waals surface area contributed by atoms with Crippen LogP contribution >= 0.6 is 12.6 Å². The van der Waals surface area contributed by atoms with E-state index in [-0.39, 0.29) is 5.78 Å². The minimum Gasteiger partial charge on any atom is -0.298 e. The summed E-state index contributed by atoms with van der Waals surface area (Å²) in [5, 5.41) is 0. The van der Waals surface area contributed by atoms with E-state index in [1.807, 2.05) is 13.8 Å². The third-order valence-electron chi connectivity index (χ3n) is 1.69. The van der Waals surface area contributed by atoms with E-state index in [1.54, 1.807) is 0 Å². The van der Waals surface area contributed by atoms with E-state index in [4.69, 9.17) is 0 Å². The first kappa shape index (κ1) is 11.0. The largest absolute Gasteiger partial charge is 0.298 e. The number of thiol groups is 1. The summed E-state index contributed by atoms with van der Waals surface area (Å²) in [6, 6.07) is 0. The second-order valence-corrected chi connectivity index (χ2v) is 4.56. The highest BCUT2D eigenvalue weighted by Crippen LogP contribution is 2.16. The Morgan fingerprint density at radius 3 is 2.27 bits per heavy atom. The summed E-state index contributed by atoms with van der Waals surface area (Å²) in [6.45, 7) is 5.84. The Morgan fingerprint density at radius 1 is 1.36 bits per heavy atom. The van der Waals surface area contributed by atoms with Gasteiger partial charge in [0.1, 0.15) is 5.78 Å². The van der Waals surface area contributed by atoms with Crippen molar-refractivity contribution in [1.82, 2.24) is 0 Å². The number of hydrogen-bond acceptors (Lipinski definition) is 2. The van der Waals surface area contributed by atoms with Gasteiger partial charge in [0.25, 0.3) is 0 Å². The first-order valence-electron chi connectivity index (χ1n) is 4.24. The molecule has 0 aliphatic heterocycles. The van der Waals surface area contributed by atoms with Gasteiger partial charge < -0.3 is 0 Å². The third-order valence-corrected chi connectivity index (χ3v) is 1.94. The van der Waals surface area contributed by atoms with E-state index in [0.29, 0.717) is 6.42 Å². The molecule has 1 nitrogen and oxygen atoms in total. The summed E-state index contributed by atoms with van der Waals surface area (Å²) in [6.07, 6.45) is 4.01. The molecule has 0 fully saturated rings. The lowest BCUT2D eigenvalue weighted by Crippen LogP contribution is -2.24. The Hall–Kier alpha value is 0.0200. The molecule has 0 aromatic heterocycles. The van der Waals surface area contributed by atoms with Crippen LogP contribution in [0.15, 0.2) is 0 Å². The van der Waals surface area contributed by atoms with Gasteiger partial charge >= 0.3 is 0 Å². The number of carbonyl (C=O) groups is 1. The van der Waals surface area contributed by atoms with Gasteiger partial charge in [0.15, 0.2) is 0 Å². The van der Waals surface area contributed by atoms with Gasteiger partial charge in [0.05, 0.1) is 4.75 Å². The topological polar surface area (TPSA) is 17.1 Å². The Labute approximate surface area is 75.0 Å². The molecule has 11 heavy (non-hydrogen) atoms. The molecule has 0 saturated carbocycles. The summed E-state index contributed by atoms with van der Waals surface area (Å²) in [4.78, 5) is 11.3. The van der Waals surface area contributed by atoms with E-state index in [2.05, 4.69) is 19.6 Å². The molecule has 0 aromatic rings. The second kappa shape index (κ2) is 4.81. The van der Waals surface area contributed by atoms with Gasteiger partial charge in [-0.2, -0.15) is 12.6 Å². The first-order chi connectivity index (χ1) is 4.98. The lowest BCUT2D eigenvalue weighted by atomic mass is 10.0. The van der Waals surface area contributed by atoms with E-state index in [1.165, 1.54) is 6.42 Å². The fourth-order valence-corrected chi connectivity index (χ4v) is 0.953. The average Bonchev–Trinajstić information content (AvgIpc) is 1.86. The fraction of sp³-hybridized carbons (Fsp3) is 0.889. The number of ketones is 1. The van der Waals surface area contributed by atoms with Crippen molar-refractivity contribution in [2.45, 2.75) is 51.2 Å². The highest BCUT2D eigenvalue weighted by atomic mass is 32.1. The summed E-state index contributed by atoms with van der Waals surface area (Å²) in [5.74, 6) is 0.259. The van der Waals surface area contributed by atoms with Crippen LogP contribution in [-0.2, 0) is 4.79 Å². The maximum absolute atomic E-state index is 11.3. The molecule has 0 aliphatic rings. The zero-order chi connectivity index (χ0) is 8.91. The first-order valence-corrected chi connectivity index (χ1v) is 4.69. The van der Waals surface area contributed by atoms with Crippen molar-refractivity contribution in [2.24, 2.45) is 0 Å². The molecule has 0 spiro atoms. The van der Waals surface area contributed by atoms with Crippen molar-refractivity contribution in [3.05, 3.63) is 0 Å². The molecule has 0 radical (unpaired) electrons. The zero-order valence-electron chi connectivity index (χ0n) is 7.68. The number of rotatable bonds is 5. The molecule has 2 heteroatoms. The molecule has 0 atom stereocenters. The lowest BCUT2D eigenvalue weighted by molar-refractivity contribution is -0.120. The van der Waals surface area contributed by atoms with Crippen molar-refractivity contribution in [1.29, 1.82) is 0 Å². The fourth-order valence-electron chi connectivity index (χ4n) is 0.841. The minimum absolute atomic E-state index is 0.259. The molecular formula is C9H18OS. The molecule has 0 N–H and O–H groups in total. The summed E-state index contributed by atoms with van der Waals surface area (Å²) in [7, 11) is 0. The highest BCUT2D eigenvalue weighted by Gasteiger charge is 2.20. The van der Waals surface area contributed by atoms with Gasteiger partial charge in [-0.25, -0.2) is 0 Å². The Bertz CT molecular complexity index is 124. The summed E-state index contributed by atoms with van der Waals surface area (Å²) < 4.78 is -0.437. The normalized spacial score (nSPS) is 11.6. The Balaban J connectivity index is 3.54. The zero-order valence-corrected chi connectivity index (χ0v) is 8.58. The van der Waals surface area contributed by atoms with Crippen molar-refractivity contribution >= 4 is 18.4 Å². The summed E-state index contributed by atoms with van der Waals surface area (Å²) in [5.41, 5.74) is 0. The van der Waals surface area contributed by atoms with Crippen LogP contribution in [0.5, 0.6) is 0 Å². The minimum atomic E-state index is -0.437. The van der Waals surface area contributed by atoms with Crippen molar-refractivity contribution in [2.75, 3.05) is 0 Å². The predicted molar refractivity (Wildman–Crippen MR) is 52.2 cm³/mol. The van der Waals surface area contributed by atoms with Gasteiger partial charge in [-0.1, -0.05) is 19.8 Å². The number of Topliss-reactive ketones (excluding diaryl/α,β-unsaturated/α-hetero) is 1. The number of carbonyl (C=O) groups excluding carboxylic acids is 1. The van der Waals surface area contributed by atoms with Crippen molar-refractivity contribution < 1.29 is 4.79 Å². The molecule has 66 valence electrons. The SMILES string of the molecule is CCCCCC(=O)C(C)(C)S. The van der Waals surface area contributed by atoms with Crippen molar-refractivity contribution in [3.63, 3.8) is 0 Å². The Kier molecular flexibility index (Phi) is 4.82. The monoisotopic (exact) mass is 174 g/mol. The van der Waals surface area contributed by atoms with Crippen LogP contribution < -0.4 is 0 Å². The van der Waals surface area contributed by atoms with E-state index < -0.39 is 4.75 Å². The smallest absolute Gasteiger partial charge is 0.148 e. The standard InChI is InChI=1S/C9H18OS/c1-4-5-6-7-8(10)9(2,3)11/h11H,4-7H2,1-3H3. The van der Waals surface area contributed by atoms with E-state index in [0.717, 1.165) is 12.8 Å². The summed E-state index contributed by atoms with van der Waals surface area (Å²) >= 11 is 4.20. The van der Waals surface area contributed by atoms with Crippen LogP contribution in [0.2, 0.25) is 0 Å². The molecular weight excluding hydrogens is 156 g/mol. The van der Waals surface area contributed by atoms with Gasteiger partial charge in [-0.15, -0.1) is 0 Å². The van der Waals surface area contributed by atoms with Crippen LogP contribution in [0, 0.1) is 0 Å². The molecule has 0 saturated heterocycles. The van der Waals surface area contributed by atoms with Crippen LogP contribution in [0.4, 0.5) is 0 Å². The van der Waals surface area contributed by atoms with Crippen LogP contribution in [0.1, 0.15) is 46.5 Å². The Morgan fingerprint density at radius 2 is 1.91 bits per heavy atom. The molecule has 0 unspecified atom stereocenters. The predicted octanol–water partition coefficient (Wildman–Crippen LogP) is 2.84. The molecule has 0 aliphatic carbocycles.